The molecule has 1 fully saturated rings. The molecular weight excluding hydrogens is 478 g/mol. The normalized spacial score (nSPS) is 15.5. The van der Waals surface area contributed by atoms with Crippen LogP contribution in [0.5, 0.6) is 0 Å². The summed E-state index contributed by atoms with van der Waals surface area (Å²) in [5, 5.41) is 0.530. The first-order chi connectivity index (χ1) is 14.8. The molecule has 0 aliphatic carbocycles. The van der Waals surface area contributed by atoms with E-state index in [1.54, 1.807) is 42.5 Å². The van der Waals surface area contributed by atoms with Gasteiger partial charge in [-0.3, -0.25) is 19.9 Å². The number of benzene rings is 2. The maximum absolute atomic E-state index is 12.6. The van der Waals surface area contributed by atoms with Crippen LogP contribution in [0, 0.1) is 0 Å². The molecule has 11 heteroatoms. The summed E-state index contributed by atoms with van der Waals surface area (Å²) in [6.07, 6.45) is 2.01. The molecule has 1 aliphatic rings. The van der Waals surface area contributed by atoms with Crippen molar-refractivity contribution in [2.75, 3.05) is 6.54 Å². The van der Waals surface area contributed by atoms with Gasteiger partial charge in [0.2, 0.25) is 5.91 Å². The van der Waals surface area contributed by atoms with Crippen LogP contribution in [0.2, 0.25) is 5.02 Å². The summed E-state index contributed by atoms with van der Waals surface area (Å²) in [5.41, 5.74) is 2.89. The number of nitrogens with zero attached hydrogens (tertiary/aromatic N) is 1. The highest BCUT2D eigenvalue weighted by molar-refractivity contribution is 8.26. The minimum atomic E-state index is -3.84. The van der Waals surface area contributed by atoms with Crippen molar-refractivity contribution in [3.05, 3.63) is 70.1 Å². The average molecular weight is 496 g/mol. The molecule has 2 amide bonds. The number of hydrazine groups is 1. The van der Waals surface area contributed by atoms with E-state index in [1.807, 2.05) is 6.07 Å². The van der Waals surface area contributed by atoms with E-state index >= 15 is 0 Å². The molecule has 2 aromatic carbocycles. The standard InChI is InChI=1S/C20H18ClN3O4S3/c21-16-10-5-4-7-14(16)13-17-19(26)24(20(29)30-17)12-6-11-18(25)22-23-31(27,28)15-8-2-1-3-9-15/h1-5,7-10,13,23H,6,11-12H2,(H,22,25). The second-order valence-corrected chi connectivity index (χ2v) is 10.2. The number of carbonyl (C=O) groups is 2. The zero-order valence-corrected chi connectivity index (χ0v) is 19.3. The van der Waals surface area contributed by atoms with Crippen LogP contribution in [0.4, 0.5) is 0 Å². The molecule has 0 spiro atoms. The number of hydrogen-bond donors (Lipinski definition) is 2. The molecule has 1 saturated heterocycles. The van der Waals surface area contributed by atoms with Gasteiger partial charge in [-0.1, -0.05) is 72.0 Å². The minimum absolute atomic E-state index is 0.0118. The molecule has 0 radical (unpaired) electrons. The van der Waals surface area contributed by atoms with Crippen molar-refractivity contribution in [3.8, 4) is 0 Å². The fourth-order valence-electron chi connectivity index (χ4n) is 2.67. The molecule has 0 unspecified atom stereocenters. The number of thiocarbonyl (C=S) groups is 1. The van der Waals surface area contributed by atoms with E-state index < -0.39 is 15.9 Å². The predicted molar refractivity (Wildman–Crippen MR) is 125 cm³/mol. The van der Waals surface area contributed by atoms with Crippen LogP contribution in [0.25, 0.3) is 6.08 Å². The Kier molecular flexibility index (Phi) is 7.84. The van der Waals surface area contributed by atoms with Crippen LogP contribution >= 0.6 is 35.6 Å². The fourth-order valence-corrected chi connectivity index (χ4v) is 5.04. The molecule has 3 rings (SSSR count). The van der Waals surface area contributed by atoms with E-state index in [4.69, 9.17) is 23.8 Å². The van der Waals surface area contributed by atoms with E-state index in [0.29, 0.717) is 20.7 Å². The number of carbonyl (C=O) groups excluding carboxylic acids is 2. The van der Waals surface area contributed by atoms with Crippen molar-refractivity contribution in [1.29, 1.82) is 0 Å². The Hall–Kier alpha value is -2.24. The molecule has 162 valence electrons. The predicted octanol–water partition coefficient (Wildman–Crippen LogP) is 3.33. The smallest absolute Gasteiger partial charge is 0.266 e. The molecule has 7 nitrogen and oxygen atoms in total. The lowest BCUT2D eigenvalue weighted by Crippen LogP contribution is -2.41. The van der Waals surface area contributed by atoms with Crippen LogP contribution in [0.1, 0.15) is 18.4 Å². The molecule has 2 N–H and O–H groups in total. The zero-order valence-electron chi connectivity index (χ0n) is 16.1. The number of sulfonamides is 1. The Bertz CT molecular complexity index is 1140. The first kappa shape index (κ1) is 23.4. The number of nitrogens with one attached hydrogen (secondary N) is 2. The van der Waals surface area contributed by atoms with Gasteiger partial charge in [-0.2, -0.15) is 0 Å². The van der Waals surface area contributed by atoms with Gasteiger partial charge in [0, 0.05) is 18.0 Å². The van der Waals surface area contributed by atoms with Gasteiger partial charge in [0.05, 0.1) is 9.80 Å². The molecule has 0 saturated carbocycles. The largest absolute Gasteiger partial charge is 0.293 e. The first-order valence-corrected chi connectivity index (χ1v) is 12.2. The Balaban J connectivity index is 1.50. The van der Waals surface area contributed by atoms with Gasteiger partial charge in [-0.15, -0.1) is 4.83 Å². The van der Waals surface area contributed by atoms with E-state index in [2.05, 4.69) is 10.3 Å². The van der Waals surface area contributed by atoms with E-state index in [9.17, 15) is 18.0 Å². The number of thioether (sulfide) groups is 1. The molecule has 1 heterocycles. The maximum atomic E-state index is 12.6. The highest BCUT2D eigenvalue weighted by atomic mass is 35.5. The Labute approximate surface area is 194 Å². The third-order valence-corrected chi connectivity index (χ3v) is 7.21. The molecule has 0 atom stereocenters. The fraction of sp³-hybridized carbons (Fsp3) is 0.150. The lowest BCUT2D eigenvalue weighted by molar-refractivity contribution is -0.124. The summed E-state index contributed by atoms with van der Waals surface area (Å²) in [6, 6.07) is 14.8. The van der Waals surface area contributed by atoms with Gasteiger partial charge >= 0.3 is 0 Å². The number of amides is 2. The van der Waals surface area contributed by atoms with Crippen LogP contribution < -0.4 is 10.3 Å². The number of hydrogen-bond acceptors (Lipinski definition) is 6. The van der Waals surface area contributed by atoms with E-state index in [-0.39, 0.29) is 23.8 Å². The first-order valence-electron chi connectivity index (χ1n) is 9.13. The molecule has 2 aromatic rings. The highest BCUT2D eigenvalue weighted by Gasteiger charge is 2.31. The Morgan fingerprint density at radius 1 is 1.13 bits per heavy atom. The molecule has 1 aliphatic heterocycles. The number of rotatable bonds is 8. The maximum Gasteiger partial charge on any atom is 0.266 e. The Morgan fingerprint density at radius 3 is 2.52 bits per heavy atom. The van der Waals surface area contributed by atoms with Crippen LogP contribution in [0.3, 0.4) is 0 Å². The topological polar surface area (TPSA) is 95.6 Å². The highest BCUT2D eigenvalue weighted by Crippen LogP contribution is 2.33. The summed E-state index contributed by atoms with van der Waals surface area (Å²) in [6.45, 7) is 0.239. The van der Waals surface area contributed by atoms with Gasteiger partial charge in [0.25, 0.3) is 15.9 Å². The van der Waals surface area contributed by atoms with E-state index in [1.165, 1.54) is 28.8 Å². The van der Waals surface area contributed by atoms with Gasteiger partial charge in [-0.25, -0.2) is 8.42 Å². The van der Waals surface area contributed by atoms with Crippen molar-refractivity contribution < 1.29 is 18.0 Å². The lowest BCUT2D eigenvalue weighted by Gasteiger charge is -2.14. The second kappa shape index (κ2) is 10.4. The van der Waals surface area contributed by atoms with Crippen LogP contribution in [0.15, 0.2) is 64.4 Å². The number of halogens is 1. The van der Waals surface area contributed by atoms with Gasteiger partial charge in [0.1, 0.15) is 4.32 Å². The summed E-state index contributed by atoms with van der Waals surface area (Å²) in [5.74, 6) is -0.767. The molecule has 0 aromatic heterocycles. The molecule has 31 heavy (non-hydrogen) atoms. The van der Waals surface area contributed by atoms with Crippen LogP contribution in [-0.2, 0) is 19.6 Å². The zero-order chi connectivity index (χ0) is 22.4. The third kappa shape index (κ3) is 6.14. The molecular formula is C20H18ClN3O4S3. The molecule has 0 bridgehead atoms. The van der Waals surface area contributed by atoms with Gasteiger partial charge < -0.3 is 0 Å². The van der Waals surface area contributed by atoms with Gasteiger partial charge in [-0.05, 0) is 36.3 Å². The monoisotopic (exact) mass is 495 g/mol. The van der Waals surface area contributed by atoms with Crippen LogP contribution in [-0.4, -0.2) is 36.0 Å². The van der Waals surface area contributed by atoms with Crippen molar-refractivity contribution in [2.45, 2.75) is 17.7 Å². The third-order valence-electron chi connectivity index (χ3n) is 4.23. The Morgan fingerprint density at radius 2 is 1.81 bits per heavy atom. The average Bonchev–Trinajstić information content (AvgIpc) is 3.02. The SMILES string of the molecule is O=C(CCCN1C(=O)C(=Cc2ccccc2Cl)SC1=S)NNS(=O)(=O)c1ccccc1. The quantitative estimate of drug-likeness (QED) is 0.331. The van der Waals surface area contributed by atoms with Crippen molar-refractivity contribution in [1.82, 2.24) is 15.2 Å². The van der Waals surface area contributed by atoms with Gasteiger partial charge in [0.15, 0.2) is 0 Å². The van der Waals surface area contributed by atoms with Crippen molar-refractivity contribution >= 4 is 67.8 Å². The van der Waals surface area contributed by atoms with Crippen molar-refractivity contribution in [3.63, 3.8) is 0 Å². The second-order valence-electron chi connectivity index (χ2n) is 6.43. The van der Waals surface area contributed by atoms with Crippen molar-refractivity contribution in [2.24, 2.45) is 0 Å². The summed E-state index contributed by atoms with van der Waals surface area (Å²) >= 11 is 12.6. The minimum Gasteiger partial charge on any atom is -0.293 e. The lowest BCUT2D eigenvalue weighted by atomic mass is 10.2. The van der Waals surface area contributed by atoms with E-state index in [0.717, 1.165) is 5.56 Å². The summed E-state index contributed by atoms with van der Waals surface area (Å²) < 4.78 is 24.6. The summed E-state index contributed by atoms with van der Waals surface area (Å²) in [4.78, 5) is 28.6. The summed E-state index contributed by atoms with van der Waals surface area (Å²) in [7, 11) is -3.84.